The normalized spacial score (nSPS) is 18.2. The molecule has 6 nitrogen and oxygen atoms in total. The number of carbonyl (C=O) groups excluding carboxylic acids is 1. The molecule has 1 saturated heterocycles. The van der Waals surface area contributed by atoms with Crippen molar-refractivity contribution in [2.75, 3.05) is 32.0 Å². The molecule has 1 aliphatic heterocycles. The van der Waals surface area contributed by atoms with Gasteiger partial charge in [0.05, 0.1) is 5.56 Å². The lowest BCUT2D eigenvalue weighted by atomic mass is 10.0. The number of hydrogen-bond acceptors (Lipinski definition) is 5. The van der Waals surface area contributed by atoms with Gasteiger partial charge in [-0.15, -0.1) is 0 Å². The van der Waals surface area contributed by atoms with Gasteiger partial charge in [-0.2, -0.15) is 0 Å². The molecule has 150 valence electrons. The highest BCUT2D eigenvalue weighted by Crippen LogP contribution is 2.21. The molecule has 2 aromatic rings. The molecule has 0 spiro atoms. The van der Waals surface area contributed by atoms with Gasteiger partial charge in [0.1, 0.15) is 5.82 Å². The molecule has 0 saturated carbocycles. The topological polar surface area (TPSA) is 61.4 Å². The summed E-state index contributed by atoms with van der Waals surface area (Å²) in [5, 5.41) is 2.86. The summed E-state index contributed by atoms with van der Waals surface area (Å²) >= 11 is 0. The minimum absolute atomic E-state index is 0.0306. The molecule has 1 N–H and O–H groups in total. The SMILES string of the molecule is CNc1ncc(C(=O)N2CCCN(Cc3ccc(F)cc3)[C@@H](C(C)C)C2)cn1. The van der Waals surface area contributed by atoms with Crippen LogP contribution in [0.25, 0.3) is 0 Å². The predicted octanol–water partition coefficient (Wildman–Crippen LogP) is 3.03. The molecule has 0 aliphatic carbocycles. The van der Waals surface area contributed by atoms with Gasteiger partial charge in [-0.1, -0.05) is 26.0 Å². The maximum atomic E-state index is 13.2. The largest absolute Gasteiger partial charge is 0.357 e. The summed E-state index contributed by atoms with van der Waals surface area (Å²) in [6.07, 6.45) is 4.05. The lowest BCUT2D eigenvalue weighted by Crippen LogP contribution is -2.45. The standard InChI is InChI=1S/C21H28FN5O/c1-15(2)19-14-27(20(28)17-11-24-21(23-3)25-12-17)10-4-9-26(19)13-16-5-7-18(22)8-6-16/h5-8,11-12,15,19H,4,9-10,13-14H2,1-3H3,(H,23,24,25)/t19-/m1/s1. The molecule has 1 aliphatic rings. The first-order valence-electron chi connectivity index (χ1n) is 9.75. The molecule has 1 amide bonds. The fourth-order valence-electron chi connectivity index (χ4n) is 3.65. The maximum absolute atomic E-state index is 13.2. The third-order valence-corrected chi connectivity index (χ3v) is 5.23. The summed E-state index contributed by atoms with van der Waals surface area (Å²) in [6, 6.07) is 6.90. The molecule has 2 heterocycles. The third kappa shape index (κ3) is 4.84. The first-order chi connectivity index (χ1) is 13.5. The van der Waals surface area contributed by atoms with Crippen LogP contribution < -0.4 is 5.32 Å². The number of nitrogens with one attached hydrogen (secondary N) is 1. The van der Waals surface area contributed by atoms with E-state index in [0.29, 0.717) is 30.5 Å². The monoisotopic (exact) mass is 385 g/mol. The molecular weight excluding hydrogens is 357 g/mol. The molecule has 1 atom stereocenters. The van der Waals surface area contributed by atoms with Crippen molar-refractivity contribution in [3.05, 3.63) is 53.6 Å². The van der Waals surface area contributed by atoms with Gasteiger partial charge < -0.3 is 10.2 Å². The van der Waals surface area contributed by atoms with Crippen molar-refractivity contribution in [2.24, 2.45) is 5.92 Å². The molecular formula is C21H28FN5O. The van der Waals surface area contributed by atoms with E-state index in [2.05, 4.69) is 34.0 Å². The van der Waals surface area contributed by atoms with Crippen LogP contribution in [-0.4, -0.2) is 58.4 Å². The Morgan fingerprint density at radius 1 is 1.21 bits per heavy atom. The molecule has 1 aromatic carbocycles. The van der Waals surface area contributed by atoms with E-state index in [-0.39, 0.29) is 17.8 Å². The van der Waals surface area contributed by atoms with Gasteiger partial charge in [-0.25, -0.2) is 14.4 Å². The van der Waals surface area contributed by atoms with Gasteiger partial charge in [0.25, 0.3) is 5.91 Å². The van der Waals surface area contributed by atoms with Crippen LogP contribution in [-0.2, 0) is 6.54 Å². The zero-order chi connectivity index (χ0) is 20.1. The Bertz CT molecular complexity index is 778. The molecule has 3 rings (SSSR count). The highest BCUT2D eigenvalue weighted by molar-refractivity contribution is 5.93. The van der Waals surface area contributed by atoms with E-state index in [1.165, 1.54) is 12.1 Å². The molecule has 7 heteroatoms. The number of anilines is 1. The number of amides is 1. The quantitative estimate of drug-likeness (QED) is 0.857. The van der Waals surface area contributed by atoms with Gasteiger partial charge in [-0.3, -0.25) is 9.69 Å². The molecule has 0 radical (unpaired) electrons. The van der Waals surface area contributed by atoms with E-state index in [1.807, 2.05) is 17.0 Å². The minimum atomic E-state index is -0.219. The van der Waals surface area contributed by atoms with Gasteiger partial charge in [0, 0.05) is 51.7 Å². The van der Waals surface area contributed by atoms with Gasteiger partial charge in [0.2, 0.25) is 5.95 Å². The Morgan fingerprint density at radius 3 is 2.50 bits per heavy atom. The van der Waals surface area contributed by atoms with Crippen molar-refractivity contribution < 1.29 is 9.18 Å². The van der Waals surface area contributed by atoms with Crippen LogP contribution in [0.2, 0.25) is 0 Å². The van der Waals surface area contributed by atoms with E-state index in [0.717, 1.165) is 25.1 Å². The van der Waals surface area contributed by atoms with E-state index < -0.39 is 0 Å². The molecule has 1 fully saturated rings. The van der Waals surface area contributed by atoms with Crippen LogP contribution in [0.5, 0.6) is 0 Å². The lowest BCUT2D eigenvalue weighted by molar-refractivity contribution is 0.0701. The summed E-state index contributed by atoms with van der Waals surface area (Å²) < 4.78 is 13.2. The van der Waals surface area contributed by atoms with Crippen LogP contribution in [0, 0.1) is 11.7 Å². The number of rotatable bonds is 5. The molecule has 0 unspecified atom stereocenters. The Hall–Kier alpha value is -2.54. The smallest absolute Gasteiger partial charge is 0.257 e. The van der Waals surface area contributed by atoms with Crippen molar-refractivity contribution in [1.29, 1.82) is 0 Å². The summed E-state index contributed by atoms with van der Waals surface area (Å²) in [5.74, 6) is 0.634. The summed E-state index contributed by atoms with van der Waals surface area (Å²) in [6.45, 7) is 7.38. The summed E-state index contributed by atoms with van der Waals surface area (Å²) in [4.78, 5) is 25.6. The third-order valence-electron chi connectivity index (χ3n) is 5.23. The summed E-state index contributed by atoms with van der Waals surface area (Å²) in [7, 11) is 1.74. The van der Waals surface area contributed by atoms with Gasteiger partial charge in [0.15, 0.2) is 0 Å². The average molecular weight is 385 g/mol. The minimum Gasteiger partial charge on any atom is -0.357 e. The van der Waals surface area contributed by atoms with Crippen molar-refractivity contribution in [3.63, 3.8) is 0 Å². The van der Waals surface area contributed by atoms with Crippen LogP contribution in [0.4, 0.5) is 10.3 Å². The van der Waals surface area contributed by atoms with Crippen molar-refractivity contribution in [2.45, 2.75) is 32.9 Å². The Balaban J connectivity index is 1.74. The zero-order valence-electron chi connectivity index (χ0n) is 16.7. The Labute approximate surface area is 165 Å². The number of halogens is 1. The maximum Gasteiger partial charge on any atom is 0.257 e. The number of nitrogens with zero attached hydrogens (tertiary/aromatic N) is 4. The fourth-order valence-corrected chi connectivity index (χ4v) is 3.65. The number of aromatic nitrogens is 2. The number of carbonyl (C=O) groups is 1. The van der Waals surface area contributed by atoms with Crippen LogP contribution >= 0.6 is 0 Å². The van der Waals surface area contributed by atoms with E-state index in [4.69, 9.17) is 0 Å². The van der Waals surface area contributed by atoms with Crippen LogP contribution in [0.15, 0.2) is 36.7 Å². The first-order valence-corrected chi connectivity index (χ1v) is 9.75. The van der Waals surface area contributed by atoms with E-state index >= 15 is 0 Å². The molecule has 1 aromatic heterocycles. The fraction of sp³-hybridized carbons (Fsp3) is 0.476. The molecule has 28 heavy (non-hydrogen) atoms. The Kier molecular flexibility index (Phi) is 6.57. The van der Waals surface area contributed by atoms with Crippen molar-refractivity contribution in [1.82, 2.24) is 19.8 Å². The lowest BCUT2D eigenvalue weighted by Gasteiger charge is -2.34. The average Bonchev–Trinajstić information content (AvgIpc) is 2.92. The highest BCUT2D eigenvalue weighted by Gasteiger charge is 2.30. The van der Waals surface area contributed by atoms with Gasteiger partial charge in [-0.05, 0) is 30.0 Å². The van der Waals surface area contributed by atoms with Gasteiger partial charge >= 0.3 is 0 Å². The van der Waals surface area contributed by atoms with E-state index in [9.17, 15) is 9.18 Å². The summed E-state index contributed by atoms with van der Waals surface area (Å²) in [5.41, 5.74) is 1.59. The zero-order valence-corrected chi connectivity index (χ0v) is 16.7. The second-order valence-corrected chi connectivity index (χ2v) is 7.56. The number of benzene rings is 1. The van der Waals surface area contributed by atoms with Crippen molar-refractivity contribution >= 4 is 11.9 Å². The van der Waals surface area contributed by atoms with Crippen LogP contribution in [0.1, 0.15) is 36.2 Å². The molecule has 0 bridgehead atoms. The first kappa shape index (κ1) is 20.2. The van der Waals surface area contributed by atoms with E-state index in [1.54, 1.807) is 19.4 Å². The second kappa shape index (κ2) is 9.10. The second-order valence-electron chi connectivity index (χ2n) is 7.56. The highest BCUT2D eigenvalue weighted by atomic mass is 19.1. The predicted molar refractivity (Wildman–Crippen MR) is 108 cm³/mol. The Morgan fingerprint density at radius 2 is 1.89 bits per heavy atom. The number of hydrogen-bond donors (Lipinski definition) is 1. The van der Waals surface area contributed by atoms with Crippen LogP contribution in [0.3, 0.4) is 0 Å². The van der Waals surface area contributed by atoms with Crippen molar-refractivity contribution in [3.8, 4) is 0 Å².